The fourth-order valence-electron chi connectivity index (χ4n) is 2.52. The number of sulfonamides is 1. The molecule has 25 heavy (non-hydrogen) atoms. The molecule has 1 N–H and O–H groups in total. The first-order valence-electron chi connectivity index (χ1n) is 7.89. The molecule has 1 aromatic heterocycles. The van der Waals surface area contributed by atoms with E-state index in [0.29, 0.717) is 11.6 Å². The largest absolute Gasteiger partial charge is 0.346 e. The van der Waals surface area contributed by atoms with E-state index in [1.165, 1.54) is 0 Å². The van der Waals surface area contributed by atoms with E-state index in [0.717, 1.165) is 16.8 Å². The molecule has 0 aliphatic heterocycles. The average Bonchev–Trinajstić information content (AvgIpc) is 3.03. The van der Waals surface area contributed by atoms with Gasteiger partial charge in [-0.2, -0.15) is 0 Å². The zero-order valence-corrected chi connectivity index (χ0v) is 15.4. The summed E-state index contributed by atoms with van der Waals surface area (Å²) in [5.41, 5.74) is 3.02. The molecule has 0 radical (unpaired) electrons. The van der Waals surface area contributed by atoms with Gasteiger partial charge in [0, 0.05) is 23.5 Å². The lowest BCUT2D eigenvalue weighted by molar-refractivity contribution is 0.578. The van der Waals surface area contributed by atoms with Gasteiger partial charge in [-0.25, -0.2) is 13.1 Å². The maximum atomic E-state index is 12.4. The van der Waals surface area contributed by atoms with E-state index in [2.05, 4.69) is 4.72 Å². The van der Waals surface area contributed by atoms with E-state index < -0.39 is 10.0 Å². The highest BCUT2D eigenvalue weighted by molar-refractivity contribution is 7.89. The molecular formula is C19H19ClN2O2S. The van der Waals surface area contributed by atoms with Crippen LogP contribution >= 0.6 is 11.6 Å². The molecule has 130 valence electrons. The van der Waals surface area contributed by atoms with Crippen LogP contribution in [0.4, 0.5) is 0 Å². The monoisotopic (exact) mass is 374 g/mol. The van der Waals surface area contributed by atoms with Gasteiger partial charge in [-0.3, -0.25) is 0 Å². The average molecular weight is 375 g/mol. The Bertz CT molecular complexity index is 946. The highest BCUT2D eigenvalue weighted by Gasteiger charge is 2.14. The van der Waals surface area contributed by atoms with Crippen LogP contribution in [0, 0.1) is 6.92 Å². The number of rotatable bonds is 6. The van der Waals surface area contributed by atoms with E-state index in [1.54, 1.807) is 24.3 Å². The quantitative estimate of drug-likeness (QED) is 0.709. The van der Waals surface area contributed by atoms with E-state index in [9.17, 15) is 8.42 Å². The molecule has 0 aliphatic carbocycles. The first kappa shape index (κ1) is 17.7. The van der Waals surface area contributed by atoms with E-state index in [-0.39, 0.29) is 11.4 Å². The van der Waals surface area contributed by atoms with Gasteiger partial charge in [0.2, 0.25) is 10.0 Å². The maximum absolute atomic E-state index is 12.4. The minimum absolute atomic E-state index is 0.233. The lowest BCUT2D eigenvalue weighted by Gasteiger charge is -2.11. The Kier molecular flexibility index (Phi) is 5.27. The summed E-state index contributed by atoms with van der Waals surface area (Å²) in [5.74, 6) is 0. The van der Waals surface area contributed by atoms with Gasteiger partial charge in [0.1, 0.15) is 0 Å². The number of halogens is 1. The van der Waals surface area contributed by atoms with Crippen LogP contribution in [0.15, 0.2) is 71.8 Å². The third-order valence-electron chi connectivity index (χ3n) is 3.96. The van der Waals surface area contributed by atoms with Crippen LogP contribution in [0.25, 0.3) is 0 Å². The van der Waals surface area contributed by atoms with Gasteiger partial charge in [0.05, 0.1) is 11.4 Å². The number of nitrogens with one attached hydrogen (secondary N) is 1. The van der Waals surface area contributed by atoms with E-state index >= 15 is 0 Å². The molecule has 0 spiro atoms. The number of aromatic nitrogens is 1. The fourth-order valence-corrected chi connectivity index (χ4v) is 3.65. The van der Waals surface area contributed by atoms with Crippen molar-refractivity contribution in [3.63, 3.8) is 0 Å². The van der Waals surface area contributed by atoms with Crippen LogP contribution in [-0.4, -0.2) is 13.0 Å². The van der Waals surface area contributed by atoms with Crippen molar-refractivity contribution in [2.75, 3.05) is 0 Å². The lowest BCUT2D eigenvalue weighted by Crippen LogP contribution is -2.24. The predicted octanol–water partition coefficient (Wildman–Crippen LogP) is 3.98. The van der Waals surface area contributed by atoms with Crippen molar-refractivity contribution in [3.8, 4) is 0 Å². The zero-order valence-electron chi connectivity index (χ0n) is 13.8. The zero-order chi connectivity index (χ0) is 17.9. The minimum atomic E-state index is -3.53. The van der Waals surface area contributed by atoms with Crippen molar-refractivity contribution in [1.29, 1.82) is 0 Å². The third kappa shape index (κ3) is 4.51. The van der Waals surface area contributed by atoms with Gasteiger partial charge >= 0.3 is 0 Å². The Hall–Kier alpha value is -2.08. The normalized spacial score (nSPS) is 11.6. The Morgan fingerprint density at radius 3 is 2.36 bits per heavy atom. The Morgan fingerprint density at radius 1 is 1.00 bits per heavy atom. The molecule has 0 bridgehead atoms. The van der Waals surface area contributed by atoms with Crippen LogP contribution in [-0.2, 0) is 23.1 Å². The highest BCUT2D eigenvalue weighted by atomic mass is 35.5. The number of hydrogen-bond donors (Lipinski definition) is 1. The second-order valence-electron chi connectivity index (χ2n) is 5.89. The molecule has 0 fully saturated rings. The molecule has 0 aliphatic rings. The van der Waals surface area contributed by atoms with Crippen molar-refractivity contribution in [3.05, 3.63) is 88.7 Å². The minimum Gasteiger partial charge on any atom is -0.346 e. The summed E-state index contributed by atoms with van der Waals surface area (Å²) < 4.78 is 29.5. The number of nitrogens with zero attached hydrogens (tertiary/aromatic N) is 1. The Balaban J connectivity index is 1.71. The van der Waals surface area contributed by atoms with Gasteiger partial charge in [0.25, 0.3) is 0 Å². The summed E-state index contributed by atoms with van der Waals surface area (Å²) in [6.07, 6.45) is 1.93. The third-order valence-corrected chi connectivity index (χ3v) is 5.63. The number of aryl methyl sites for hydroxylation is 1. The number of benzene rings is 2. The molecule has 6 heteroatoms. The van der Waals surface area contributed by atoms with Crippen LogP contribution in [0.5, 0.6) is 0 Å². The van der Waals surface area contributed by atoms with Crippen molar-refractivity contribution < 1.29 is 8.42 Å². The van der Waals surface area contributed by atoms with Gasteiger partial charge in [-0.15, -0.1) is 0 Å². The Morgan fingerprint density at radius 2 is 1.68 bits per heavy atom. The maximum Gasteiger partial charge on any atom is 0.240 e. The molecule has 0 saturated carbocycles. The fraction of sp³-hybridized carbons (Fsp3) is 0.158. The molecule has 3 rings (SSSR count). The van der Waals surface area contributed by atoms with Crippen molar-refractivity contribution >= 4 is 21.6 Å². The van der Waals surface area contributed by atoms with Gasteiger partial charge in [0.15, 0.2) is 0 Å². The summed E-state index contributed by atoms with van der Waals surface area (Å²) >= 11 is 5.91. The van der Waals surface area contributed by atoms with Crippen molar-refractivity contribution in [2.24, 2.45) is 0 Å². The molecule has 0 saturated heterocycles. The van der Waals surface area contributed by atoms with Crippen LogP contribution in [0.1, 0.15) is 16.8 Å². The van der Waals surface area contributed by atoms with E-state index in [1.807, 2.05) is 54.1 Å². The summed E-state index contributed by atoms with van der Waals surface area (Å²) in [6, 6.07) is 18.2. The standard InChI is InChI=1S/C19H19ClN2O2S/c1-15-4-10-19(11-5-15)25(23,24)21-13-18-3-2-12-22(18)14-16-6-8-17(20)9-7-16/h2-12,21H,13-14H2,1H3. The van der Waals surface area contributed by atoms with E-state index in [4.69, 9.17) is 11.6 Å². The SMILES string of the molecule is Cc1ccc(S(=O)(=O)NCc2cccn2Cc2ccc(Cl)cc2)cc1. The van der Waals surface area contributed by atoms with Gasteiger partial charge in [-0.05, 0) is 48.9 Å². The smallest absolute Gasteiger partial charge is 0.240 e. The number of hydrogen-bond acceptors (Lipinski definition) is 2. The molecule has 0 unspecified atom stereocenters. The molecule has 0 amide bonds. The molecule has 1 heterocycles. The lowest BCUT2D eigenvalue weighted by atomic mass is 10.2. The summed E-state index contributed by atoms with van der Waals surface area (Å²) in [7, 11) is -3.53. The molecule has 3 aromatic rings. The van der Waals surface area contributed by atoms with Crippen LogP contribution < -0.4 is 4.72 Å². The molecule has 2 aromatic carbocycles. The molecule has 0 atom stereocenters. The summed E-state index contributed by atoms with van der Waals surface area (Å²) in [5, 5.41) is 0.697. The van der Waals surface area contributed by atoms with Gasteiger partial charge in [-0.1, -0.05) is 41.4 Å². The van der Waals surface area contributed by atoms with Crippen LogP contribution in [0.2, 0.25) is 5.02 Å². The Labute approximate surface area is 153 Å². The summed E-state index contributed by atoms with van der Waals surface area (Å²) in [4.78, 5) is 0.272. The molecule has 4 nitrogen and oxygen atoms in total. The first-order valence-corrected chi connectivity index (χ1v) is 9.75. The molecular weight excluding hydrogens is 356 g/mol. The topological polar surface area (TPSA) is 51.1 Å². The second-order valence-corrected chi connectivity index (χ2v) is 8.09. The van der Waals surface area contributed by atoms with Gasteiger partial charge < -0.3 is 4.57 Å². The first-order chi connectivity index (χ1) is 11.9. The van der Waals surface area contributed by atoms with Crippen molar-refractivity contribution in [2.45, 2.75) is 24.9 Å². The van der Waals surface area contributed by atoms with Crippen LogP contribution in [0.3, 0.4) is 0 Å². The second kappa shape index (κ2) is 7.44. The predicted molar refractivity (Wildman–Crippen MR) is 100 cm³/mol. The highest BCUT2D eigenvalue weighted by Crippen LogP contribution is 2.14. The summed E-state index contributed by atoms with van der Waals surface area (Å²) in [6.45, 7) is 2.82. The van der Waals surface area contributed by atoms with Crippen molar-refractivity contribution in [1.82, 2.24) is 9.29 Å².